The van der Waals surface area contributed by atoms with Crippen LogP contribution in [0, 0.1) is 0 Å². The number of hydrogen-bond acceptors (Lipinski definition) is 4. The van der Waals surface area contributed by atoms with E-state index in [-0.39, 0.29) is 4.75 Å². The number of hydrogen-bond donors (Lipinski definition) is 1. The van der Waals surface area contributed by atoms with Crippen LogP contribution < -0.4 is 14.8 Å². The van der Waals surface area contributed by atoms with Gasteiger partial charge in [-0.05, 0) is 26.2 Å². The van der Waals surface area contributed by atoms with Crippen LogP contribution >= 0.6 is 11.8 Å². The van der Waals surface area contributed by atoms with Gasteiger partial charge in [0.15, 0.2) is 11.5 Å². The predicted octanol–water partition coefficient (Wildman–Crippen LogP) is 2.65. The Morgan fingerprint density at radius 3 is 2.94 bits per heavy atom. The molecule has 2 rings (SSSR count). The minimum atomic E-state index is 0.259. The summed E-state index contributed by atoms with van der Waals surface area (Å²) in [7, 11) is 0. The highest BCUT2D eigenvalue weighted by Gasteiger charge is 2.18. The summed E-state index contributed by atoms with van der Waals surface area (Å²) in [5.74, 6) is 1.75. The largest absolute Gasteiger partial charge is 0.454 e. The van der Waals surface area contributed by atoms with Gasteiger partial charge in [-0.2, -0.15) is 11.8 Å². The highest BCUT2D eigenvalue weighted by atomic mass is 32.2. The Bertz CT molecular complexity index is 393. The van der Waals surface area contributed by atoms with Crippen molar-refractivity contribution >= 4 is 11.8 Å². The quantitative estimate of drug-likeness (QED) is 0.874. The average Bonchev–Trinajstić information content (AvgIpc) is 2.78. The molecule has 1 heterocycles. The molecule has 0 aromatic heterocycles. The van der Waals surface area contributed by atoms with Gasteiger partial charge in [0.05, 0.1) is 0 Å². The molecule has 1 aliphatic heterocycles. The summed E-state index contributed by atoms with van der Waals surface area (Å²) in [6, 6.07) is 6.02. The summed E-state index contributed by atoms with van der Waals surface area (Å²) in [5.41, 5.74) is 1.16. The lowest BCUT2D eigenvalue weighted by Crippen LogP contribution is -2.31. The highest BCUT2D eigenvalue weighted by Crippen LogP contribution is 2.35. The van der Waals surface area contributed by atoms with Crippen molar-refractivity contribution in [3.8, 4) is 11.5 Å². The normalized spacial score (nSPS) is 14.1. The molecule has 0 amide bonds. The van der Waals surface area contributed by atoms with E-state index in [1.165, 1.54) is 0 Å². The molecular formula is C13H19NO2S. The number of benzene rings is 1. The Labute approximate surface area is 107 Å². The molecule has 1 aromatic carbocycles. The average molecular weight is 253 g/mol. The summed E-state index contributed by atoms with van der Waals surface area (Å²) in [6.45, 7) is 6.59. The van der Waals surface area contributed by atoms with Crippen LogP contribution in [0.3, 0.4) is 0 Å². The fraction of sp³-hybridized carbons (Fsp3) is 0.538. The van der Waals surface area contributed by atoms with Crippen LogP contribution in [0.1, 0.15) is 19.4 Å². The van der Waals surface area contributed by atoms with Gasteiger partial charge in [-0.15, -0.1) is 0 Å². The first-order valence-corrected chi connectivity index (χ1v) is 6.98. The van der Waals surface area contributed by atoms with Crippen molar-refractivity contribution in [3.63, 3.8) is 0 Å². The number of thioether (sulfide) groups is 1. The Hall–Kier alpha value is -0.870. The van der Waals surface area contributed by atoms with E-state index in [2.05, 4.69) is 31.5 Å². The Morgan fingerprint density at radius 1 is 1.35 bits per heavy atom. The summed E-state index contributed by atoms with van der Waals surface area (Å²) in [5, 5.41) is 3.47. The standard InChI is InChI=1S/C13H19NO2S/c1-13(2,17-3)8-14-7-10-5-4-6-11-12(10)16-9-15-11/h4-6,14H,7-9H2,1-3H3. The minimum absolute atomic E-state index is 0.259. The SMILES string of the molecule is CSC(C)(C)CNCc1cccc2c1OCO2. The van der Waals surface area contributed by atoms with Crippen LogP contribution in [0.4, 0.5) is 0 Å². The van der Waals surface area contributed by atoms with Gasteiger partial charge < -0.3 is 14.8 Å². The maximum Gasteiger partial charge on any atom is 0.231 e. The molecule has 0 aliphatic carbocycles. The lowest BCUT2D eigenvalue weighted by atomic mass is 10.1. The molecule has 0 bridgehead atoms. The molecule has 1 aliphatic rings. The monoisotopic (exact) mass is 253 g/mol. The van der Waals surface area contributed by atoms with Crippen molar-refractivity contribution in [3.05, 3.63) is 23.8 Å². The zero-order chi connectivity index (χ0) is 12.3. The maximum absolute atomic E-state index is 5.47. The van der Waals surface area contributed by atoms with Crippen molar-refractivity contribution in [2.75, 3.05) is 19.6 Å². The smallest absolute Gasteiger partial charge is 0.231 e. The van der Waals surface area contributed by atoms with Crippen LogP contribution in [-0.2, 0) is 6.54 Å². The summed E-state index contributed by atoms with van der Waals surface area (Å²) < 4.78 is 11.1. The molecule has 0 radical (unpaired) electrons. The van der Waals surface area contributed by atoms with Gasteiger partial charge in [0.25, 0.3) is 0 Å². The first-order valence-electron chi connectivity index (χ1n) is 5.76. The van der Waals surface area contributed by atoms with Gasteiger partial charge in [0.1, 0.15) is 0 Å². The van der Waals surface area contributed by atoms with E-state index in [1.807, 2.05) is 23.9 Å². The van der Waals surface area contributed by atoms with Crippen molar-refractivity contribution in [2.45, 2.75) is 25.1 Å². The van der Waals surface area contributed by atoms with E-state index in [4.69, 9.17) is 9.47 Å². The first kappa shape index (κ1) is 12.6. The molecule has 3 nitrogen and oxygen atoms in total. The maximum atomic E-state index is 5.47. The molecule has 0 unspecified atom stereocenters. The van der Waals surface area contributed by atoms with Crippen LogP contribution in [0.2, 0.25) is 0 Å². The molecule has 1 aromatic rings. The lowest BCUT2D eigenvalue weighted by Gasteiger charge is -2.22. The molecule has 4 heteroatoms. The Kier molecular flexibility index (Phi) is 3.84. The molecule has 94 valence electrons. The fourth-order valence-electron chi connectivity index (χ4n) is 1.70. The second kappa shape index (κ2) is 5.19. The van der Waals surface area contributed by atoms with E-state index < -0.39 is 0 Å². The lowest BCUT2D eigenvalue weighted by molar-refractivity contribution is 0.173. The van der Waals surface area contributed by atoms with Crippen LogP contribution in [0.5, 0.6) is 11.5 Å². The molecule has 0 fully saturated rings. The number of para-hydroxylation sites is 1. The van der Waals surface area contributed by atoms with Gasteiger partial charge in [-0.1, -0.05) is 12.1 Å². The zero-order valence-corrected chi connectivity index (χ0v) is 11.4. The number of nitrogens with one attached hydrogen (secondary N) is 1. The molecule has 0 spiro atoms. The third kappa shape index (κ3) is 3.07. The third-order valence-corrected chi connectivity index (χ3v) is 4.15. The van der Waals surface area contributed by atoms with Crippen molar-refractivity contribution in [1.29, 1.82) is 0 Å². The number of rotatable bonds is 5. The summed E-state index contributed by atoms with van der Waals surface area (Å²) >= 11 is 1.87. The minimum Gasteiger partial charge on any atom is -0.454 e. The van der Waals surface area contributed by atoms with Gasteiger partial charge in [0.2, 0.25) is 6.79 Å². The summed E-state index contributed by atoms with van der Waals surface area (Å²) in [4.78, 5) is 0. The zero-order valence-electron chi connectivity index (χ0n) is 10.6. The van der Waals surface area contributed by atoms with Gasteiger partial charge in [-0.3, -0.25) is 0 Å². The second-order valence-corrected chi connectivity index (χ2v) is 6.23. The molecular weight excluding hydrogens is 234 g/mol. The van der Waals surface area contributed by atoms with Crippen molar-refractivity contribution < 1.29 is 9.47 Å². The van der Waals surface area contributed by atoms with E-state index in [9.17, 15) is 0 Å². The first-order chi connectivity index (χ1) is 8.12. The second-order valence-electron chi connectivity index (χ2n) is 4.72. The van der Waals surface area contributed by atoms with Crippen LogP contribution in [0.15, 0.2) is 18.2 Å². The Morgan fingerprint density at radius 2 is 2.18 bits per heavy atom. The molecule has 0 atom stereocenters. The molecule has 17 heavy (non-hydrogen) atoms. The van der Waals surface area contributed by atoms with Crippen molar-refractivity contribution in [2.24, 2.45) is 0 Å². The van der Waals surface area contributed by atoms with Crippen LogP contribution in [0.25, 0.3) is 0 Å². The van der Waals surface area contributed by atoms with Gasteiger partial charge in [0, 0.05) is 23.4 Å². The topological polar surface area (TPSA) is 30.5 Å². The van der Waals surface area contributed by atoms with E-state index in [1.54, 1.807) is 0 Å². The molecule has 0 saturated carbocycles. The predicted molar refractivity (Wildman–Crippen MR) is 71.9 cm³/mol. The Balaban J connectivity index is 1.94. The van der Waals surface area contributed by atoms with E-state index >= 15 is 0 Å². The van der Waals surface area contributed by atoms with Crippen molar-refractivity contribution in [1.82, 2.24) is 5.32 Å². The third-order valence-electron chi connectivity index (χ3n) is 2.90. The van der Waals surface area contributed by atoms with Gasteiger partial charge >= 0.3 is 0 Å². The van der Waals surface area contributed by atoms with E-state index in [0.29, 0.717) is 6.79 Å². The van der Waals surface area contributed by atoms with Gasteiger partial charge in [-0.25, -0.2) is 0 Å². The molecule has 1 N–H and O–H groups in total. The number of fused-ring (bicyclic) bond motifs is 1. The fourth-order valence-corrected chi connectivity index (χ4v) is 1.95. The van der Waals surface area contributed by atoms with Crippen LogP contribution in [-0.4, -0.2) is 24.3 Å². The molecule has 0 saturated heterocycles. The number of ether oxygens (including phenoxy) is 2. The highest BCUT2D eigenvalue weighted by molar-refractivity contribution is 7.99. The van der Waals surface area contributed by atoms with E-state index in [0.717, 1.165) is 30.2 Å². The summed E-state index contributed by atoms with van der Waals surface area (Å²) in [6.07, 6.45) is 2.14.